The quantitative estimate of drug-likeness (QED) is 0.167. The highest BCUT2D eigenvalue weighted by Crippen LogP contribution is 2.38. The van der Waals surface area contributed by atoms with E-state index in [-0.39, 0.29) is 0 Å². The Morgan fingerprint density at radius 3 is 0.708 bits per heavy atom. The van der Waals surface area contributed by atoms with Gasteiger partial charge >= 0.3 is 0 Å². The van der Waals surface area contributed by atoms with Gasteiger partial charge in [-0.15, -0.1) is 0 Å². The minimum absolute atomic E-state index is 1.14. The Balaban J connectivity index is 1.14. The van der Waals surface area contributed by atoms with Crippen LogP contribution >= 0.6 is 0 Å². The lowest BCUT2D eigenvalue weighted by Crippen LogP contribution is -2.10. The molecule has 0 saturated heterocycles. The number of benzene rings is 7. The van der Waals surface area contributed by atoms with Gasteiger partial charge in [0.15, 0.2) is 0 Å². The van der Waals surface area contributed by atoms with Gasteiger partial charge in [-0.2, -0.15) is 0 Å². The Kier molecular flexibility index (Phi) is 8.64. The molecule has 0 aliphatic rings. The van der Waals surface area contributed by atoms with Crippen LogP contribution < -0.4 is 9.80 Å². The summed E-state index contributed by atoms with van der Waals surface area (Å²) in [6.45, 7) is 8.57. The smallest absolute Gasteiger partial charge is 0.0464 e. The molecule has 0 spiro atoms. The van der Waals surface area contributed by atoms with Crippen molar-refractivity contribution in [1.82, 2.24) is 0 Å². The molecule has 0 unspecified atom stereocenters. The number of aryl methyl sites for hydroxylation is 4. The van der Waals surface area contributed by atoms with Crippen molar-refractivity contribution in [2.24, 2.45) is 0 Å². The third kappa shape index (κ3) is 6.65. The molecule has 2 nitrogen and oxygen atoms in total. The van der Waals surface area contributed by atoms with Gasteiger partial charge in [0.1, 0.15) is 0 Å². The lowest BCUT2D eigenvalue weighted by Gasteiger charge is -2.26. The van der Waals surface area contributed by atoms with Crippen LogP contribution in [0.1, 0.15) is 22.3 Å². The van der Waals surface area contributed by atoms with Crippen LogP contribution in [0.5, 0.6) is 0 Å². The third-order valence-corrected chi connectivity index (χ3v) is 8.84. The van der Waals surface area contributed by atoms with Crippen LogP contribution in [0.3, 0.4) is 0 Å². The molecule has 7 aromatic rings. The second kappa shape index (κ2) is 13.5. The molecular weight excluding hydrogens is 581 g/mol. The molecule has 0 fully saturated rings. The van der Waals surface area contributed by atoms with E-state index in [1.165, 1.54) is 44.5 Å². The van der Waals surface area contributed by atoms with Gasteiger partial charge in [-0.25, -0.2) is 0 Å². The maximum absolute atomic E-state index is 2.33. The van der Waals surface area contributed by atoms with E-state index in [9.17, 15) is 0 Å². The van der Waals surface area contributed by atoms with Crippen LogP contribution in [-0.2, 0) is 0 Å². The van der Waals surface area contributed by atoms with Crippen molar-refractivity contribution in [3.63, 3.8) is 0 Å². The Morgan fingerprint density at radius 2 is 0.479 bits per heavy atom. The number of hydrogen-bond acceptors (Lipinski definition) is 2. The molecule has 7 aromatic carbocycles. The van der Waals surface area contributed by atoms with Gasteiger partial charge in [-0.3, -0.25) is 0 Å². The summed E-state index contributed by atoms with van der Waals surface area (Å²) in [7, 11) is 0. The Bertz CT molecular complexity index is 1910. The molecule has 0 aliphatic heterocycles. The van der Waals surface area contributed by atoms with Crippen LogP contribution in [0.15, 0.2) is 170 Å². The molecular formula is C46H40N2. The van der Waals surface area contributed by atoms with Crippen LogP contribution in [0.2, 0.25) is 0 Å². The zero-order valence-electron chi connectivity index (χ0n) is 28.1. The molecule has 48 heavy (non-hydrogen) atoms. The monoisotopic (exact) mass is 620 g/mol. The summed E-state index contributed by atoms with van der Waals surface area (Å²) >= 11 is 0. The van der Waals surface area contributed by atoms with Gasteiger partial charge < -0.3 is 9.80 Å². The molecule has 0 amide bonds. The average Bonchev–Trinajstić information content (AvgIpc) is 3.10. The normalized spacial score (nSPS) is 10.9. The van der Waals surface area contributed by atoms with Gasteiger partial charge in [0, 0.05) is 34.1 Å². The topological polar surface area (TPSA) is 6.48 Å². The highest BCUT2D eigenvalue weighted by atomic mass is 15.1. The number of rotatable bonds is 8. The van der Waals surface area contributed by atoms with E-state index < -0.39 is 0 Å². The van der Waals surface area contributed by atoms with Crippen LogP contribution in [-0.4, -0.2) is 0 Å². The lowest BCUT2D eigenvalue weighted by molar-refractivity contribution is 1.26. The SMILES string of the molecule is Cc1cccc(N(c2ccc(-c3ccc(-c4ccc(N(c5cccc(C)c5)c5cccc(C)c5)cc4)cc3)cc2)c2cccc(C)c2)c1. The zero-order chi connectivity index (χ0) is 33.0. The Morgan fingerprint density at radius 1 is 0.250 bits per heavy atom. The van der Waals surface area contributed by atoms with Crippen LogP contribution in [0.4, 0.5) is 34.1 Å². The molecule has 0 saturated carbocycles. The summed E-state index contributed by atoms with van der Waals surface area (Å²) in [5.41, 5.74) is 16.7. The summed E-state index contributed by atoms with van der Waals surface area (Å²) in [5.74, 6) is 0. The fourth-order valence-electron chi connectivity index (χ4n) is 6.42. The Labute approximate surface area is 285 Å². The van der Waals surface area contributed by atoms with Gasteiger partial charge in [0.2, 0.25) is 0 Å². The Hall–Kier alpha value is -5.86. The van der Waals surface area contributed by atoms with E-state index in [4.69, 9.17) is 0 Å². The van der Waals surface area contributed by atoms with Crippen molar-refractivity contribution in [1.29, 1.82) is 0 Å². The van der Waals surface area contributed by atoms with Gasteiger partial charge in [-0.1, -0.05) is 97.1 Å². The highest BCUT2D eigenvalue weighted by Gasteiger charge is 2.15. The van der Waals surface area contributed by atoms with E-state index in [0.29, 0.717) is 0 Å². The van der Waals surface area contributed by atoms with E-state index >= 15 is 0 Å². The number of anilines is 6. The van der Waals surface area contributed by atoms with E-state index in [1.807, 2.05) is 0 Å². The first-order valence-corrected chi connectivity index (χ1v) is 16.6. The summed E-state index contributed by atoms with van der Waals surface area (Å²) in [5, 5.41) is 0. The fraction of sp³-hybridized carbons (Fsp3) is 0.0870. The zero-order valence-corrected chi connectivity index (χ0v) is 28.1. The van der Waals surface area contributed by atoms with Gasteiger partial charge in [0.25, 0.3) is 0 Å². The van der Waals surface area contributed by atoms with E-state index in [0.717, 1.165) is 34.1 Å². The van der Waals surface area contributed by atoms with Crippen molar-refractivity contribution in [3.8, 4) is 22.3 Å². The standard InChI is InChI=1S/C46H40N2/c1-33-9-5-13-43(29-33)47(44-14-6-10-34(2)30-44)41-25-21-39(22-26-41)37-17-19-38(20-18-37)40-23-27-42(28-24-40)48(45-15-7-11-35(3)31-45)46-16-8-12-36(4)32-46/h5-32H,1-4H3. The minimum Gasteiger partial charge on any atom is -0.310 e. The third-order valence-electron chi connectivity index (χ3n) is 8.84. The first kappa shape index (κ1) is 30.8. The second-order valence-corrected chi connectivity index (χ2v) is 12.7. The largest absolute Gasteiger partial charge is 0.310 e. The predicted molar refractivity (Wildman–Crippen MR) is 206 cm³/mol. The molecule has 0 bridgehead atoms. The molecule has 0 radical (unpaired) electrons. The van der Waals surface area contributed by atoms with Gasteiger partial charge in [0.05, 0.1) is 0 Å². The molecule has 2 heteroatoms. The average molecular weight is 621 g/mol. The van der Waals surface area contributed by atoms with E-state index in [2.05, 4.69) is 207 Å². The first-order chi connectivity index (χ1) is 23.4. The molecule has 0 N–H and O–H groups in total. The van der Waals surface area contributed by atoms with Crippen LogP contribution in [0.25, 0.3) is 22.3 Å². The summed E-state index contributed by atoms with van der Waals surface area (Å²) in [6.07, 6.45) is 0. The van der Waals surface area contributed by atoms with Crippen LogP contribution in [0, 0.1) is 27.7 Å². The molecule has 0 heterocycles. The molecule has 0 aliphatic carbocycles. The lowest BCUT2D eigenvalue weighted by atomic mass is 9.99. The van der Waals surface area contributed by atoms with E-state index in [1.54, 1.807) is 0 Å². The summed E-state index contributed by atoms with van der Waals surface area (Å²) in [4.78, 5) is 4.66. The first-order valence-electron chi connectivity index (χ1n) is 16.6. The molecule has 234 valence electrons. The minimum atomic E-state index is 1.14. The van der Waals surface area contributed by atoms with Gasteiger partial charge in [-0.05, 0) is 145 Å². The number of nitrogens with zero attached hydrogens (tertiary/aromatic N) is 2. The second-order valence-electron chi connectivity index (χ2n) is 12.7. The van der Waals surface area contributed by atoms with Crippen molar-refractivity contribution in [3.05, 3.63) is 192 Å². The van der Waals surface area contributed by atoms with Crippen molar-refractivity contribution >= 4 is 34.1 Å². The molecule has 0 aromatic heterocycles. The molecule has 0 atom stereocenters. The molecule has 7 rings (SSSR count). The summed E-state index contributed by atoms with van der Waals surface area (Å²) in [6, 6.07) is 61.4. The fourth-order valence-corrected chi connectivity index (χ4v) is 6.42. The highest BCUT2D eigenvalue weighted by molar-refractivity contribution is 5.81. The predicted octanol–water partition coefficient (Wildman–Crippen LogP) is 13.2. The van der Waals surface area contributed by atoms with Crippen molar-refractivity contribution in [2.75, 3.05) is 9.80 Å². The van der Waals surface area contributed by atoms with Crippen molar-refractivity contribution < 1.29 is 0 Å². The summed E-state index contributed by atoms with van der Waals surface area (Å²) < 4.78 is 0. The number of hydrogen-bond donors (Lipinski definition) is 0. The van der Waals surface area contributed by atoms with Crippen molar-refractivity contribution in [2.45, 2.75) is 27.7 Å². The maximum atomic E-state index is 2.33. The maximum Gasteiger partial charge on any atom is 0.0464 e.